The lowest BCUT2D eigenvalue weighted by Gasteiger charge is -2.46. The van der Waals surface area contributed by atoms with Crippen molar-refractivity contribution < 1.29 is 9.53 Å². The van der Waals surface area contributed by atoms with Crippen molar-refractivity contribution in [3.05, 3.63) is 46.4 Å². The normalized spacial score (nSPS) is 24.4. The summed E-state index contributed by atoms with van der Waals surface area (Å²) in [4.78, 5) is 28.3. The molecular formula is C21H28N6O3. The number of ether oxygens (including phenoxy) is 1. The molecule has 160 valence electrons. The Morgan fingerprint density at radius 2 is 1.93 bits per heavy atom. The molecule has 2 atom stereocenters. The number of rotatable bonds is 5. The summed E-state index contributed by atoms with van der Waals surface area (Å²) in [6, 6.07) is 4.29. The molecule has 1 amide bonds. The molecule has 5 heterocycles. The molecule has 3 aliphatic rings. The van der Waals surface area contributed by atoms with Crippen LogP contribution in [0.3, 0.4) is 0 Å². The average molecular weight is 412 g/mol. The van der Waals surface area contributed by atoms with Gasteiger partial charge in [-0.05, 0) is 37.3 Å². The van der Waals surface area contributed by atoms with Crippen LogP contribution in [0.5, 0.6) is 0 Å². The molecule has 1 N–H and O–H groups in total. The highest BCUT2D eigenvalue weighted by atomic mass is 16.5. The molecule has 2 aromatic rings. The average Bonchev–Trinajstić information content (AvgIpc) is 3.28. The van der Waals surface area contributed by atoms with Gasteiger partial charge in [-0.1, -0.05) is 0 Å². The Hall–Kier alpha value is -2.52. The van der Waals surface area contributed by atoms with E-state index in [-0.39, 0.29) is 17.0 Å². The van der Waals surface area contributed by atoms with Gasteiger partial charge in [-0.3, -0.25) is 14.5 Å². The van der Waals surface area contributed by atoms with Crippen molar-refractivity contribution in [2.75, 3.05) is 32.8 Å². The SMILES string of the molecule is O=C(NCCn1cnnc1)c1ccc2n(c1=O)C[C@H]1C[C@@H]2CN(C2CCOCC2)C1. The van der Waals surface area contributed by atoms with Gasteiger partial charge in [0.15, 0.2) is 0 Å². The fourth-order valence-electron chi connectivity index (χ4n) is 5.24. The van der Waals surface area contributed by atoms with Crippen molar-refractivity contribution in [3.63, 3.8) is 0 Å². The van der Waals surface area contributed by atoms with Crippen LogP contribution in [0, 0.1) is 5.92 Å². The number of likely N-dealkylation sites (tertiary alicyclic amines) is 1. The maximum atomic E-state index is 13.1. The number of piperidine rings is 1. The second-order valence-electron chi connectivity index (χ2n) is 8.64. The zero-order valence-electron chi connectivity index (χ0n) is 17.1. The number of amides is 1. The third-order valence-electron chi connectivity index (χ3n) is 6.71. The van der Waals surface area contributed by atoms with Crippen LogP contribution in [0.25, 0.3) is 0 Å². The van der Waals surface area contributed by atoms with Crippen molar-refractivity contribution in [1.29, 1.82) is 0 Å². The molecule has 0 unspecified atom stereocenters. The maximum absolute atomic E-state index is 13.1. The molecule has 5 rings (SSSR count). The fraction of sp³-hybridized carbons (Fsp3) is 0.619. The van der Waals surface area contributed by atoms with Gasteiger partial charge in [0.1, 0.15) is 18.2 Å². The van der Waals surface area contributed by atoms with E-state index in [9.17, 15) is 9.59 Å². The zero-order chi connectivity index (χ0) is 20.5. The fourth-order valence-corrected chi connectivity index (χ4v) is 5.24. The van der Waals surface area contributed by atoms with Gasteiger partial charge in [-0.2, -0.15) is 0 Å². The minimum Gasteiger partial charge on any atom is -0.381 e. The molecule has 0 saturated carbocycles. The summed E-state index contributed by atoms with van der Waals surface area (Å²) in [5.41, 5.74) is 1.14. The van der Waals surface area contributed by atoms with Crippen molar-refractivity contribution in [2.45, 2.75) is 44.3 Å². The molecular weight excluding hydrogens is 384 g/mol. The van der Waals surface area contributed by atoms with Crippen molar-refractivity contribution in [1.82, 2.24) is 29.5 Å². The van der Waals surface area contributed by atoms with Crippen LogP contribution in [0.15, 0.2) is 29.6 Å². The van der Waals surface area contributed by atoms with Crippen LogP contribution in [-0.2, 0) is 17.8 Å². The van der Waals surface area contributed by atoms with Crippen molar-refractivity contribution in [3.8, 4) is 0 Å². The van der Waals surface area contributed by atoms with E-state index >= 15 is 0 Å². The van der Waals surface area contributed by atoms with Crippen LogP contribution in [0.2, 0.25) is 0 Å². The van der Waals surface area contributed by atoms with Crippen LogP contribution in [-0.4, -0.2) is 69.0 Å². The van der Waals surface area contributed by atoms with Crippen molar-refractivity contribution >= 4 is 5.91 Å². The summed E-state index contributed by atoms with van der Waals surface area (Å²) in [6.07, 6.45) is 6.52. The van der Waals surface area contributed by atoms with E-state index in [0.717, 1.165) is 51.3 Å². The number of nitrogens with one attached hydrogen (secondary N) is 1. The second kappa shape index (κ2) is 8.31. The first-order chi connectivity index (χ1) is 14.7. The van der Waals surface area contributed by atoms with Gasteiger partial charge in [-0.25, -0.2) is 0 Å². The largest absolute Gasteiger partial charge is 0.381 e. The highest BCUT2D eigenvalue weighted by molar-refractivity contribution is 5.93. The smallest absolute Gasteiger partial charge is 0.263 e. The van der Waals surface area contributed by atoms with Crippen LogP contribution in [0.4, 0.5) is 0 Å². The van der Waals surface area contributed by atoms with Gasteiger partial charge in [-0.15, -0.1) is 10.2 Å². The molecule has 9 heteroatoms. The van der Waals surface area contributed by atoms with Gasteiger partial charge < -0.3 is 19.2 Å². The van der Waals surface area contributed by atoms with Gasteiger partial charge in [0, 0.05) is 63.6 Å². The third kappa shape index (κ3) is 3.79. The Morgan fingerprint density at radius 1 is 1.13 bits per heavy atom. The van der Waals surface area contributed by atoms with Gasteiger partial charge in [0.2, 0.25) is 0 Å². The molecule has 2 fully saturated rings. The van der Waals surface area contributed by atoms with E-state index in [1.54, 1.807) is 23.3 Å². The monoisotopic (exact) mass is 412 g/mol. The molecule has 2 aromatic heterocycles. The van der Waals surface area contributed by atoms with Gasteiger partial charge >= 0.3 is 0 Å². The molecule has 0 aliphatic carbocycles. The summed E-state index contributed by atoms with van der Waals surface area (Å²) >= 11 is 0. The van der Waals surface area contributed by atoms with Crippen LogP contribution < -0.4 is 10.9 Å². The van der Waals surface area contributed by atoms with E-state index < -0.39 is 0 Å². The molecule has 3 aliphatic heterocycles. The second-order valence-corrected chi connectivity index (χ2v) is 8.64. The molecule has 30 heavy (non-hydrogen) atoms. The predicted molar refractivity (Wildman–Crippen MR) is 109 cm³/mol. The summed E-state index contributed by atoms with van der Waals surface area (Å²) < 4.78 is 9.16. The minimum absolute atomic E-state index is 0.163. The highest BCUT2D eigenvalue weighted by Gasteiger charge is 2.37. The first kappa shape index (κ1) is 19.4. The Balaban J connectivity index is 1.29. The Kier molecular flexibility index (Phi) is 5.39. The Labute approximate surface area is 175 Å². The molecule has 0 aromatic carbocycles. The standard InChI is InChI=1S/C21H28N6O3/c28-20(22-5-6-25-13-23-24-14-25)18-1-2-19-16-9-15(11-27(19)21(18)29)10-26(12-16)17-3-7-30-8-4-17/h1-2,13-17H,3-12H2,(H,22,28)/t15-,16+/m0/s1. The number of nitrogens with zero attached hydrogens (tertiary/aromatic N) is 5. The third-order valence-corrected chi connectivity index (χ3v) is 6.71. The van der Waals surface area contributed by atoms with Crippen LogP contribution in [0.1, 0.15) is 41.2 Å². The number of carbonyl (C=O) groups excluding carboxylic acids is 1. The van der Waals surface area contributed by atoms with Crippen LogP contribution >= 0.6 is 0 Å². The number of hydrogen-bond donors (Lipinski definition) is 1. The highest BCUT2D eigenvalue weighted by Crippen LogP contribution is 2.36. The number of fused-ring (bicyclic) bond motifs is 4. The Morgan fingerprint density at radius 3 is 2.73 bits per heavy atom. The molecule has 9 nitrogen and oxygen atoms in total. The van der Waals surface area contributed by atoms with E-state index in [1.807, 2.05) is 10.6 Å². The summed E-state index contributed by atoms with van der Waals surface area (Å²) in [6.45, 7) is 5.41. The number of aromatic nitrogens is 4. The quantitative estimate of drug-likeness (QED) is 0.767. The topological polar surface area (TPSA) is 94.3 Å². The van der Waals surface area contributed by atoms with E-state index in [2.05, 4.69) is 20.4 Å². The molecule has 0 spiro atoms. The Bertz CT molecular complexity index is 950. The number of hydrogen-bond acceptors (Lipinski definition) is 6. The van der Waals surface area contributed by atoms with Gasteiger partial charge in [0.25, 0.3) is 11.5 Å². The first-order valence-electron chi connectivity index (χ1n) is 10.8. The van der Waals surface area contributed by atoms with E-state index in [1.165, 1.54) is 0 Å². The van der Waals surface area contributed by atoms with E-state index in [0.29, 0.717) is 37.5 Å². The number of pyridine rings is 1. The lowest BCUT2D eigenvalue weighted by atomic mass is 9.82. The molecule has 2 saturated heterocycles. The zero-order valence-corrected chi connectivity index (χ0v) is 17.1. The maximum Gasteiger partial charge on any atom is 0.263 e. The molecule has 2 bridgehead atoms. The first-order valence-corrected chi connectivity index (χ1v) is 10.8. The summed E-state index contributed by atoms with van der Waals surface area (Å²) in [7, 11) is 0. The van der Waals surface area contributed by atoms with Crippen molar-refractivity contribution in [2.24, 2.45) is 5.92 Å². The number of carbonyl (C=O) groups is 1. The van der Waals surface area contributed by atoms with E-state index in [4.69, 9.17) is 4.74 Å². The lowest BCUT2D eigenvalue weighted by Crippen LogP contribution is -2.52. The lowest BCUT2D eigenvalue weighted by molar-refractivity contribution is 0.00585. The summed E-state index contributed by atoms with van der Waals surface area (Å²) in [5, 5.41) is 10.3. The van der Waals surface area contributed by atoms with Gasteiger partial charge in [0.05, 0.1) is 0 Å². The molecule has 0 radical (unpaired) electrons. The summed E-state index contributed by atoms with van der Waals surface area (Å²) in [5.74, 6) is 0.505. The minimum atomic E-state index is -0.317. The predicted octanol–water partition coefficient (Wildman–Crippen LogP) is 0.468.